The number of ether oxygens (including phenoxy) is 3. The molecule has 0 bridgehead atoms. The molecule has 1 amide bonds. The van der Waals surface area contributed by atoms with Gasteiger partial charge in [0.15, 0.2) is 11.5 Å². The van der Waals surface area contributed by atoms with Gasteiger partial charge in [0.1, 0.15) is 0 Å². The molecule has 1 rings (SSSR count). The Morgan fingerprint density at radius 1 is 1.14 bits per heavy atom. The van der Waals surface area contributed by atoms with E-state index in [1.165, 1.54) is 0 Å². The lowest BCUT2D eigenvalue weighted by molar-refractivity contribution is -0.123. The fourth-order valence-electron chi connectivity index (χ4n) is 2.10. The molecule has 0 heterocycles. The van der Waals surface area contributed by atoms with Crippen molar-refractivity contribution in [2.24, 2.45) is 11.7 Å². The number of amides is 1. The van der Waals surface area contributed by atoms with E-state index in [1.807, 2.05) is 26.0 Å². The number of carbonyl (C=O) groups excluding carboxylic acids is 1. The molecule has 0 fully saturated rings. The molecule has 6 heteroatoms. The van der Waals surface area contributed by atoms with Crippen LogP contribution in [0.1, 0.15) is 19.4 Å². The third-order valence-corrected chi connectivity index (χ3v) is 3.50. The molecule has 0 aliphatic heterocycles. The number of hydrogen-bond acceptors (Lipinski definition) is 5. The molecule has 0 unspecified atom stereocenters. The fourth-order valence-corrected chi connectivity index (χ4v) is 2.10. The lowest BCUT2D eigenvalue weighted by Crippen LogP contribution is -2.44. The van der Waals surface area contributed by atoms with E-state index in [9.17, 15) is 4.79 Å². The molecule has 1 atom stereocenters. The molecule has 22 heavy (non-hydrogen) atoms. The first-order valence-electron chi connectivity index (χ1n) is 7.27. The van der Waals surface area contributed by atoms with Gasteiger partial charge in [-0.15, -0.1) is 0 Å². The summed E-state index contributed by atoms with van der Waals surface area (Å²) >= 11 is 0. The van der Waals surface area contributed by atoms with Gasteiger partial charge in [-0.1, -0.05) is 19.9 Å². The second kappa shape index (κ2) is 8.48. The Hall–Kier alpha value is -1.95. The Balaban J connectivity index is 2.76. The minimum Gasteiger partial charge on any atom is -0.493 e. The lowest BCUT2D eigenvalue weighted by Gasteiger charge is -2.17. The van der Waals surface area contributed by atoms with Crippen LogP contribution in [0.25, 0.3) is 0 Å². The molecule has 3 N–H and O–H groups in total. The maximum atomic E-state index is 11.8. The van der Waals surface area contributed by atoms with Gasteiger partial charge in [0.25, 0.3) is 0 Å². The van der Waals surface area contributed by atoms with Crippen molar-refractivity contribution in [3.05, 3.63) is 17.7 Å². The van der Waals surface area contributed by atoms with E-state index in [0.717, 1.165) is 5.56 Å². The Morgan fingerprint density at radius 3 is 2.27 bits per heavy atom. The van der Waals surface area contributed by atoms with Crippen molar-refractivity contribution in [1.82, 2.24) is 5.32 Å². The summed E-state index contributed by atoms with van der Waals surface area (Å²) < 4.78 is 16.0. The normalized spacial score (nSPS) is 12.0. The first-order valence-corrected chi connectivity index (χ1v) is 7.27. The summed E-state index contributed by atoms with van der Waals surface area (Å²) in [7, 11) is 4.71. The van der Waals surface area contributed by atoms with E-state index in [2.05, 4.69) is 5.32 Å². The summed E-state index contributed by atoms with van der Waals surface area (Å²) in [6.07, 6.45) is 0.611. The van der Waals surface area contributed by atoms with E-state index < -0.39 is 6.04 Å². The van der Waals surface area contributed by atoms with Crippen LogP contribution in [-0.2, 0) is 11.2 Å². The highest BCUT2D eigenvalue weighted by Gasteiger charge is 2.18. The summed E-state index contributed by atoms with van der Waals surface area (Å²) in [6.45, 7) is 4.31. The third-order valence-electron chi connectivity index (χ3n) is 3.50. The number of nitrogens with one attached hydrogen (secondary N) is 1. The van der Waals surface area contributed by atoms with Crippen LogP contribution in [0, 0.1) is 5.92 Å². The van der Waals surface area contributed by atoms with Gasteiger partial charge >= 0.3 is 0 Å². The summed E-state index contributed by atoms with van der Waals surface area (Å²) in [5, 5.41) is 2.84. The van der Waals surface area contributed by atoms with E-state index in [1.54, 1.807) is 21.3 Å². The second-order valence-electron chi connectivity index (χ2n) is 5.30. The van der Waals surface area contributed by atoms with Gasteiger partial charge in [-0.25, -0.2) is 0 Å². The van der Waals surface area contributed by atoms with Crippen LogP contribution in [0.4, 0.5) is 0 Å². The Morgan fingerprint density at radius 2 is 1.77 bits per heavy atom. The fraction of sp³-hybridized carbons (Fsp3) is 0.562. The zero-order chi connectivity index (χ0) is 16.7. The van der Waals surface area contributed by atoms with Gasteiger partial charge in [0.2, 0.25) is 11.7 Å². The highest BCUT2D eigenvalue weighted by atomic mass is 16.5. The van der Waals surface area contributed by atoms with Crippen LogP contribution >= 0.6 is 0 Å². The maximum Gasteiger partial charge on any atom is 0.237 e. The van der Waals surface area contributed by atoms with E-state index >= 15 is 0 Å². The van der Waals surface area contributed by atoms with Crippen LogP contribution in [0.2, 0.25) is 0 Å². The second-order valence-corrected chi connectivity index (χ2v) is 5.30. The van der Waals surface area contributed by atoms with Gasteiger partial charge in [0, 0.05) is 12.1 Å². The van der Waals surface area contributed by atoms with Crippen LogP contribution in [-0.4, -0.2) is 39.8 Å². The van der Waals surface area contributed by atoms with Crippen LogP contribution in [0.3, 0.4) is 0 Å². The molecule has 1 aromatic rings. The minimum atomic E-state index is -0.493. The number of carbonyl (C=O) groups is 1. The van der Waals surface area contributed by atoms with Crippen molar-refractivity contribution in [2.45, 2.75) is 26.3 Å². The zero-order valence-electron chi connectivity index (χ0n) is 13.9. The molecular weight excluding hydrogens is 284 g/mol. The Kier molecular flexibility index (Phi) is 6.98. The molecule has 0 aliphatic rings. The summed E-state index contributed by atoms with van der Waals surface area (Å²) in [4.78, 5) is 11.8. The largest absolute Gasteiger partial charge is 0.493 e. The highest BCUT2D eigenvalue weighted by molar-refractivity contribution is 5.81. The molecular formula is C16H26N2O4. The third kappa shape index (κ3) is 4.27. The number of benzene rings is 1. The minimum absolute atomic E-state index is 0.107. The first-order chi connectivity index (χ1) is 10.5. The Labute approximate surface area is 131 Å². The van der Waals surface area contributed by atoms with E-state index in [4.69, 9.17) is 19.9 Å². The Bertz CT molecular complexity index is 503. The number of rotatable bonds is 8. The van der Waals surface area contributed by atoms with E-state index in [0.29, 0.717) is 30.2 Å². The predicted octanol–water partition coefficient (Wildman–Crippen LogP) is 1.35. The highest BCUT2D eigenvalue weighted by Crippen LogP contribution is 2.39. The van der Waals surface area contributed by atoms with E-state index in [-0.39, 0.29) is 11.8 Å². The number of hydrogen-bond donors (Lipinski definition) is 2. The first kappa shape index (κ1) is 18.1. The van der Waals surface area contributed by atoms with Crippen LogP contribution in [0.5, 0.6) is 17.2 Å². The number of nitrogens with two attached hydrogens (primary N) is 1. The quantitative estimate of drug-likeness (QED) is 0.757. The monoisotopic (exact) mass is 310 g/mol. The summed E-state index contributed by atoms with van der Waals surface area (Å²) in [5.74, 6) is 1.73. The molecule has 1 aromatic carbocycles. The van der Waals surface area contributed by atoms with Crippen molar-refractivity contribution in [2.75, 3.05) is 27.9 Å². The van der Waals surface area contributed by atoms with Gasteiger partial charge in [-0.3, -0.25) is 4.79 Å². The molecule has 124 valence electrons. The molecule has 0 saturated carbocycles. The predicted molar refractivity (Wildman–Crippen MR) is 85.6 cm³/mol. The lowest BCUT2D eigenvalue weighted by atomic mass is 10.0. The van der Waals surface area contributed by atoms with Crippen molar-refractivity contribution in [1.29, 1.82) is 0 Å². The zero-order valence-corrected chi connectivity index (χ0v) is 13.9. The van der Waals surface area contributed by atoms with Crippen molar-refractivity contribution >= 4 is 5.91 Å². The van der Waals surface area contributed by atoms with Crippen LogP contribution in [0.15, 0.2) is 12.1 Å². The molecule has 6 nitrogen and oxygen atoms in total. The molecule has 0 spiro atoms. The SMILES string of the molecule is COc1ccc(CCNC(=O)[C@@H](N)C(C)C)c(OC)c1OC. The van der Waals surface area contributed by atoms with Gasteiger partial charge in [0.05, 0.1) is 27.4 Å². The molecule has 0 radical (unpaired) electrons. The average molecular weight is 310 g/mol. The van der Waals surface area contributed by atoms with Crippen molar-refractivity contribution in [3.8, 4) is 17.2 Å². The smallest absolute Gasteiger partial charge is 0.237 e. The van der Waals surface area contributed by atoms with Crippen molar-refractivity contribution < 1.29 is 19.0 Å². The topological polar surface area (TPSA) is 82.8 Å². The van der Waals surface area contributed by atoms with Gasteiger partial charge in [-0.05, 0) is 18.4 Å². The average Bonchev–Trinajstić information content (AvgIpc) is 2.52. The standard InChI is InChI=1S/C16H26N2O4/c1-10(2)13(17)16(19)18-9-8-11-6-7-12(20-3)15(22-5)14(11)21-4/h6-7,10,13H,8-9,17H2,1-5H3,(H,18,19)/t13-/m0/s1. The molecule has 0 saturated heterocycles. The van der Waals surface area contributed by atoms with Crippen molar-refractivity contribution in [3.63, 3.8) is 0 Å². The van der Waals surface area contributed by atoms with Crippen LogP contribution < -0.4 is 25.3 Å². The summed E-state index contributed by atoms with van der Waals surface area (Å²) in [5.41, 5.74) is 6.74. The molecule has 0 aliphatic carbocycles. The number of methoxy groups -OCH3 is 3. The van der Waals surface area contributed by atoms with Gasteiger partial charge in [-0.2, -0.15) is 0 Å². The summed E-state index contributed by atoms with van der Waals surface area (Å²) in [6, 6.07) is 3.22. The molecule has 0 aromatic heterocycles. The van der Waals surface area contributed by atoms with Gasteiger partial charge < -0.3 is 25.3 Å². The maximum absolute atomic E-state index is 11.8.